The van der Waals surface area contributed by atoms with Crippen molar-refractivity contribution in [1.82, 2.24) is 15.5 Å². The molecule has 1 spiro atoms. The van der Waals surface area contributed by atoms with Gasteiger partial charge in [-0.05, 0) is 44.2 Å². The minimum absolute atomic E-state index is 0.227. The predicted molar refractivity (Wildman–Crippen MR) is 94.8 cm³/mol. The lowest BCUT2D eigenvalue weighted by molar-refractivity contribution is 0.0133. The van der Waals surface area contributed by atoms with E-state index >= 15 is 0 Å². The van der Waals surface area contributed by atoms with E-state index in [4.69, 9.17) is 14.5 Å². The number of amidine groups is 1. The molecule has 4 rings (SSSR count). The smallest absolute Gasteiger partial charge is 0.407 e. The minimum atomic E-state index is -0.252. The molecule has 4 aliphatic rings. The Kier molecular flexibility index (Phi) is 4.94. The third kappa shape index (κ3) is 3.98. The number of amides is 1. The molecule has 1 atom stereocenters. The maximum Gasteiger partial charge on any atom is 0.407 e. The largest absolute Gasteiger partial charge is 0.441 e. The number of carbonyl (C=O) groups excluding carboxylic acids is 1. The summed E-state index contributed by atoms with van der Waals surface area (Å²) in [6, 6.07) is 0.326. The summed E-state index contributed by atoms with van der Waals surface area (Å²) in [7, 11) is 0. The van der Waals surface area contributed by atoms with E-state index in [1.54, 1.807) is 0 Å². The zero-order valence-corrected chi connectivity index (χ0v) is 14.7. The van der Waals surface area contributed by atoms with Crippen molar-refractivity contribution in [3.05, 3.63) is 12.2 Å². The van der Waals surface area contributed by atoms with E-state index in [2.05, 4.69) is 27.7 Å². The fraction of sp³-hybridized carbons (Fsp3) is 0.778. The van der Waals surface area contributed by atoms with Crippen LogP contribution < -0.4 is 10.6 Å². The van der Waals surface area contributed by atoms with Crippen LogP contribution >= 0.6 is 0 Å². The van der Waals surface area contributed by atoms with Gasteiger partial charge >= 0.3 is 6.09 Å². The Morgan fingerprint density at radius 1 is 1.32 bits per heavy atom. The summed E-state index contributed by atoms with van der Waals surface area (Å²) in [5, 5.41) is 6.44. The van der Waals surface area contributed by atoms with Crippen LogP contribution in [-0.4, -0.2) is 74.4 Å². The van der Waals surface area contributed by atoms with Crippen molar-refractivity contribution < 1.29 is 14.3 Å². The van der Waals surface area contributed by atoms with E-state index in [1.165, 1.54) is 0 Å². The number of ether oxygens (including phenoxy) is 2. The first-order valence-corrected chi connectivity index (χ1v) is 9.48. The summed E-state index contributed by atoms with van der Waals surface area (Å²) in [5.41, 5.74) is -0.227. The Morgan fingerprint density at radius 2 is 2.12 bits per heavy atom. The fourth-order valence-corrected chi connectivity index (χ4v) is 4.14. The van der Waals surface area contributed by atoms with E-state index in [-0.39, 0.29) is 11.7 Å². The number of nitrogens with zero attached hydrogens (tertiary/aromatic N) is 2. The summed E-state index contributed by atoms with van der Waals surface area (Å²) in [6.07, 6.45) is 8.30. The summed E-state index contributed by atoms with van der Waals surface area (Å²) >= 11 is 0. The molecular weight excluding hydrogens is 320 g/mol. The number of alkyl carbamates (subject to hydrolysis) is 1. The lowest BCUT2D eigenvalue weighted by Crippen LogP contribution is -2.44. The van der Waals surface area contributed by atoms with Gasteiger partial charge in [0.1, 0.15) is 11.4 Å². The van der Waals surface area contributed by atoms with Crippen molar-refractivity contribution >= 4 is 11.9 Å². The number of hydrogen-bond acceptors (Lipinski definition) is 6. The Morgan fingerprint density at radius 3 is 2.76 bits per heavy atom. The molecule has 0 radical (unpaired) electrons. The second-order valence-corrected chi connectivity index (χ2v) is 7.54. The van der Waals surface area contributed by atoms with Crippen molar-refractivity contribution in [2.45, 2.75) is 37.3 Å². The zero-order chi connectivity index (χ0) is 17.1. The number of morpholine rings is 1. The highest BCUT2D eigenvalue weighted by atomic mass is 16.6. The average Bonchev–Trinajstić information content (AvgIpc) is 3.03. The molecule has 138 valence electrons. The highest BCUT2D eigenvalue weighted by Crippen LogP contribution is 2.36. The topological polar surface area (TPSA) is 75.2 Å². The van der Waals surface area contributed by atoms with Crippen LogP contribution in [0.2, 0.25) is 0 Å². The number of aliphatic imine (C=N–C) groups is 1. The van der Waals surface area contributed by atoms with E-state index in [1.807, 2.05) is 0 Å². The van der Waals surface area contributed by atoms with Crippen molar-refractivity contribution in [1.29, 1.82) is 0 Å². The van der Waals surface area contributed by atoms with Crippen molar-refractivity contribution in [2.75, 3.05) is 45.9 Å². The number of rotatable bonds is 3. The average molecular weight is 348 g/mol. The lowest BCUT2D eigenvalue weighted by Gasteiger charge is -2.35. The first-order valence-electron chi connectivity index (χ1n) is 9.48. The fourth-order valence-electron chi connectivity index (χ4n) is 4.14. The van der Waals surface area contributed by atoms with Gasteiger partial charge in [0.15, 0.2) is 0 Å². The Labute approximate surface area is 148 Å². The number of carbonyl (C=O) groups is 1. The second kappa shape index (κ2) is 7.33. The molecule has 3 aliphatic heterocycles. The van der Waals surface area contributed by atoms with Gasteiger partial charge in [-0.25, -0.2) is 4.79 Å². The molecule has 1 saturated carbocycles. The molecular formula is C18H28N4O3. The molecule has 3 fully saturated rings. The van der Waals surface area contributed by atoms with Crippen LogP contribution in [0.15, 0.2) is 17.1 Å². The molecule has 7 nitrogen and oxygen atoms in total. The summed E-state index contributed by atoms with van der Waals surface area (Å²) < 4.78 is 10.9. The van der Waals surface area contributed by atoms with Gasteiger partial charge in [0.2, 0.25) is 0 Å². The Hall–Kier alpha value is -1.60. The molecule has 2 N–H and O–H groups in total. The van der Waals surface area contributed by atoms with Crippen LogP contribution in [0.25, 0.3) is 0 Å². The summed E-state index contributed by atoms with van der Waals surface area (Å²) in [4.78, 5) is 18.3. The van der Waals surface area contributed by atoms with Gasteiger partial charge < -0.3 is 25.0 Å². The SMILES string of the molecule is O=C1NC[C@]2(CC[C@@H](CNC3C=CC(N4CCOCC4)=NC3)CC2)O1. The van der Waals surface area contributed by atoms with Crippen LogP contribution in [0.5, 0.6) is 0 Å². The number of nitrogens with one attached hydrogen (secondary N) is 2. The molecule has 0 aromatic heterocycles. The molecule has 2 saturated heterocycles. The molecule has 0 aromatic rings. The first-order chi connectivity index (χ1) is 12.2. The third-order valence-corrected chi connectivity index (χ3v) is 5.81. The monoisotopic (exact) mass is 348 g/mol. The Bertz CT molecular complexity index is 549. The van der Waals surface area contributed by atoms with Gasteiger partial charge in [0.05, 0.1) is 26.3 Å². The summed E-state index contributed by atoms with van der Waals surface area (Å²) in [5.74, 6) is 1.75. The van der Waals surface area contributed by atoms with Crippen LogP contribution in [0.4, 0.5) is 4.79 Å². The molecule has 0 aromatic carbocycles. The maximum absolute atomic E-state index is 11.3. The van der Waals surface area contributed by atoms with Gasteiger partial charge in [-0.2, -0.15) is 0 Å². The van der Waals surface area contributed by atoms with Gasteiger partial charge in [-0.3, -0.25) is 4.99 Å². The van der Waals surface area contributed by atoms with Crippen LogP contribution in [0, 0.1) is 5.92 Å². The molecule has 3 heterocycles. The van der Waals surface area contributed by atoms with Crippen molar-refractivity contribution in [2.24, 2.45) is 10.9 Å². The quantitative estimate of drug-likeness (QED) is 0.793. The van der Waals surface area contributed by atoms with Gasteiger partial charge in [0, 0.05) is 19.1 Å². The van der Waals surface area contributed by atoms with Gasteiger partial charge in [0.25, 0.3) is 0 Å². The van der Waals surface area contributed by atoms with Crippen molar-refractivity contribution in [3.63, 3.8) is 0 Å². The standard InChI is InChI=1S/C18H28N4O3/c23-17-21-13-18(25-17)5-3-14(4-6-18)11-19-15-1-2-16(20-12-15)22-7-9-24-10-8-22/h1-2,14-15,19H,3-13H2,(H,21,23)/t14-,15?,18-. The highest BCUT2D eigenvalue weighted by molar-refractivity contribution is 5.93. The van der Waals surface area contributed by atoms with E-state index in [9.17, 15) is 4.79 Å². The highest BCUT2D eigenvalue weighted by Gasteiger charge is 2.43. The second-order valence-electron chi connectivity index (χ2n) is 7.54. The summed E-state index contributed by atoms with van der Waals surface area (Å²) in [6.45, 7) is 5.95. The van der Waals surface area contributed by atoms with Crippen LogP contribution in [0.1, 0.15) is 25.7 Å². The molecule has 0 bridgehead atoms. The van der Waals surface area contributed by atoms with E-state index in [0.717, 1.165) is 70.9 Å². The van der Waals surface area contributed by atoms with Crippen LogP contribution in [0.3, 0.4) is 0 Å². The van der Waals surface area contributed by atoms with E-state index < -0.39 is 0 Å². The first kappa shape index (κ1) is 16.8. The zero-order valence-electron chi connectivity index (χ0n) is 14.7. The normalized spacial score (nSPS) is 35.4. The number of hydrogen-bond donors (Lipinski definition) is 2. The van der Waals surface area contributed by atoms with E-state index in [0.29, 0.717) is 18.5 Å². The molecule has 1 aliphatic carbocycles. The van der Waals surface area contributed by atoms with Gasteiger partial charge in [-0.1, -0.05) is 6.08 Å². The third-order valence-electron chi connectivity index (χ3n) is 5.81. The van der Waals surface area contributed by atoms with Gasteiger partial charge in [-0.15, -0.1) is 0 Å². The molecule has 1 unspecified atom stereocenters. The Balaban J connectivity index is 1.18. The maximum atomic E-state index is 11.3. The minimum Gasteiger partial charge on any atom is -0.441 e. The molecule has 7 heteroatoms. The lowest BCUT2D eigenvalue weighted by atomic mass is 9.79. The molecule has 25 heavy (non-hydrogen) atoms. The molecule has 1 amide bonds. The van der Waals surface area contributed by atoms with Crippen molar-refractivity contribution in [3.8, 4) is 0 Å². The number of dihydropyridines is 1. The van der Waals surface area contributed by atoms with Crippen LogP contribution in [-0.2, 0) is 9.47 Å². The predicted octanol–water partition coefficient (Wildman–Crippen LogP) is 0.914.